The minimum absolute atomic E-state index is 0.00673. The Labute approximate surface area is 118 Å². The number of carbonyl (C=O) groups is 1. The van der Waals surface area contributed by atoms with Crippen LogP contribution in [0.1, 0.15) is 12.0 Å². The molecule has 0 spiro atoms. The maximum Gasteiger partial charge on any atom is 0.234 e. The monoisotopic (exact) mass is 363 g/mol. The Kier molecular flexibility index (Phi) is 6.58. The van der Waals surface area contributed by atoms with Gasteiger partial charge in [0.1, 0.15) is 5.75 Å². The Morgan fingerprint density at radius 3 is 2.94 bits per heavy atom. The van der Waals surface area contributed by atoms with Gasteiger partial charge in [-0.15, -0.1) is 0 Å². The van der Waals surface area contributed by atoms with Crippen LogP contribution in [0.3, 0.4) is 0 Å². The number of hydrogen-bond acceptors (Lipinski definition) is 2. The van der Waals surface area contributed by atoms with Crippen molar-refractivity contribution in [1.29, 1.82) is 0 Å². The van der Waals surface area contributed by atoms with Gasteiger partial charge in [-0.1, -0.05) is 44.0 Å². The second-order valence-corrected chi connectivity index (χ2v) is 5.41. The van der Waals surface area contributed by atoms with Gasteiger partial charge in [0.15, 0.2) is 0 Å². The number of benzene rings is 1. The van der Waals surface area contributed by atoms with Gasteiger partial charge in [0.05, 0.1) is 11.9 Å². The molecule has 5 heteroatoms. The molecule has 0 heterocycles. The molecule has 1 aromatic carbocycles. The molecular weight excluding hydrogens is 350 g/mol. The molecule has 1 rings (SSSR count). The molecule has 17 heavy (non-hydrogen) atoms. The van der Waals surface area contributed by atoms with Gasteiger partial charge in [-0.05, 0) is 24.1 Å². The van der Waals surface area contributed by atoms with Crippen LogP contribution in [-0.4, -0.2) is 23.2 Å². The lowest BCUT2D eigenvalue weighted by atomic mass is 10.2. The summed E-state index contributed by atoms with van der Waals surface area (Å²) in [5.41, 5.74) is 1.02. The lowest BCUT2D eigenvalue weighted by Crippen LogP contribution is -2.30. The van der Waals surface area contributed by atoms with Crippen LogP contribution in [-0.2, 0) is 11.3 Å². The Morgan fingerprint density at radius 2 is 2.29 bits per heavy atom. The highest BCUT2D eigenvalue weighted by atomic mass is 79.9. The van der Waals surface area contributed by atoms with Crippen molar-refractivity contribution in [1.82, 2.24) is 5.32 Å². The molecule has 0 radical (unpaired) electrons. The predicted molar refractivity (Wildman–Crippen MR) is 76.0 cm³/mol. The number of methoxy groups -OCH3 is 1. The van der Waals surface area contributed by atoms with Crippen molar-refractivity contribution in [3.05, 3.63) is 29.8 Å². The standard InChI is InChI=1S/C12H15Br2NO2/c1-17-10-4-2-3-9(7-10)8-15-12(16)11(14)5-6-13/h2-4,7,11H,5-6,8H2,1H3,(H,15,16)/t11-/m0/s1. The van der Waals surface area contributed by atoms with E-state index >= 15 is 0 Å². The summed E-state index contributed by atoms with van der Waals surface area (Å²) in [6, 6.07) is 7.65. The van der Waals surface area contributed by atoms with Crippen molar-refractivity contribution in [3.63, 3.8) is 0 Å². The molecule has 0 saturated heterocycles. The lowest BCUT2D eigenvalue weighted by molar-refractivity contribution is -0.120. The molecule has 0 aliphatic carbocycles. The van der Waals surface area contributed by atoms with Crippen molar-refractivity contribution in [3.8, 4) is 5.75 Å². The van der Waals surface area contributed by atoms with Crippen LogP contribution in [0.4, 0.5) is 0 Å². The third-order valence-corrected chi connectivity index (χ3v) is 3.58. The second-order valence-electron chi connectivity index (χ2n) is 3.51. The van der Waals surface area contributed by atoms with Gasteiger partial charge in [-0.3, -0.25) is 4.79 Å². The Morgan fingerprint density at radius 1 is 1.53 bits per heavy atom. The number of nitrogens with one attached hydrogen (secondary N) is 1. The summed E-state index contributed by atoms with van der Waals surface area (Å²) in [5.74, 6) is 0.805. The number of ether oxygens (including phenoxy) is 1. The smallest absolute Gasteiger partial charge is 0.234 e. The Hall–Kier alpha value is -0.550. The van der Waals surface area contributed by atoms with Crippen LogP contribution in [0.25, 0.3) is 0 Å². The van der Waals surface area contributed by atoms with Crippen molar-refractivity contribution >= 4 is 37.8 Å². The maximum atomic E-state index is 11.7. The zero-order valence-electron chi connectivity index (χ0n) is 9.58. The van der Waals surface area contributed by atoms with E-state index in [0.717, 1.165) is 23.1 Å². The summed E-state index contributed by atoms with van der Waals surface area (Å²) in [6.45, 7) is 0.514. The second kappa shape index (κ2) is 7.71. The number of halogens is 2. The molecular formula is C12H15Br2NO2. The molecule has 0 aliphatic heterocycles. The summed E-state index contributed by atoms with van der Waals surface area (Å²) >= 11 is 6.65. The van der Waals surface area contributed by atoms with E-state index in [1.165, 1.54) is 0 Å². The van der Waals surface area contributed by atoms with Gasteiger partial charge in [-0.25, -0.2) is 0 Å². The maximum absolute atomic E-state index is 11.7. The average Bonchev–Trinajstić information content (AvgIpc) is 2.36. The normalized spacial score (nSPS) is 11.9. The molecule has 1 N–H and O–H groups in total. The molecule has 1 amide bonds. The van der Waals surface area contributed by atoms with Crippen LogP contribution in [0.5, 0.6) is 5.75 Å². The van der Waals surface area contributed by atoms with Gasteiger partial charge in [0.2, 0.25) is 5.91 Å². The first-order valence-corrected chi connectivity index (χ1v) is 7.31. The van der Waals surface area contributed by atoms with E-state index in [1.807, 2.05) is 24.3 Å². The number of alkyl halides is 2. The quantitative estimate of drug-likeness (QED) is 0.788. The Balaban J connectivity index is 2.46. The summed E-state index contributed by atoms with van der Waals surface area (Å²) in [4.78, 5) is 11.5. The third kappa shape index (κ3) is 5.08. The van der Waals surface area contributed by atoms with Crippen LogP contribution in [0, 0.1) is 0 Å². The fourth-order valence-corrected chi connectivity index (χ4v) is 2.77. The molecule has 0 bridgehead atoms. The van der Waals surface area contributed by atoms with Crippen molar-refractivity contribution in [2.45, 2.75) is 17.8 Å². The zero-order valence-corrected chi connectivity index (χ0v) is 12.8. The van der Waals surface area contributed by atoms with Gasteiger partial charge < -0.3 is 10.1 Å². The van der Waals surface area contributed by atoms with Gasteiger partial charge in [0, 0.05) is 11.9 Å². The van der Waals surface area contributed by atoms with E-state index in [9.17, 15) is 4.79 Å². The molecule has 3 nitrogen and oxygen atoms in total. The minimum atomic E-state index is -0.146. The van der Waals surface area contributed by atoms with E-state index in [-0.39, 0.29) is 10.7 Å². The van der Waals surface area contributed by atoms with E-state index in [1.54, 1.807) is 7.11 Å². The molecule has 0 fully saturated rings. The SMILES string of the molecule is COc1cccc(CNC(=O)[C@@H](Br)CCBr)c1. The fraction of sp³-hybridized carbons (Fsp3) is 0.417. The number of amides is 1. The van der Waals surface area contributed by atoms with Crippen LogP contribution in [0.2, 0.25) is 0 Å². The molecule has 0 saturated carbocycles. The predicted octanol–water partition coefficient (Wildman–Crippen LogP) is 2.86. The van der Waals surface area contributed by atoms with Gasteiger partial charge >= 0.3 is 0 Å². The lowest BCUT2D eigenvalue weighted by Gasteiger charge is -2.10. The van der Waals surface area contributed by atoms with Gasteiger partial charge in [-0.2, -0.15) is 0 Å². The van der Waals surface area contributed by atoms with E-state index in [0.29, 0.717) is 6.54 Å². The van der Waals surface area contributed by atoms with E-state index < -0.39 is 0 Å². The van der Waals surface area contributed by atoms with Crippen LogP contribution < -0.4 is 10.1 Å². The summed E-state index contributed by atoms with van der Waals surface area (Å²) in [6.07, 6.45) is 0.768. The first-order chi connectivity index (χ1) is 8.17. The first-order valence-electron chi connectivity index (χ1n) is 5.28. The molecule has 0 unspecified atom stereocenters. The fourth-order valence-electron chi connectivity index (χ4n) is 1.31. The van der Waals surface area contributed by atoms with Crippen molar-refractivity contribution in [2.75, 3.05) is 12.4 Å². The molecule has 1 atom stereocenters. The van der Waals surface area contributed by atoms with Crippen LogP contribution in [0.15, 0.2) is 24.3 Å². The Bertz CT molecular complexity index is 371. The van der Waals surface area contributed by atoms with Crippen molar-refractivity contribution in [2.24, 2.45) is 0 Å². The molecule has 1 aromatic rings. The van der Waals surface area contributed by atoms with Gasteiger partial charge in [0.25, 0.3) is 0 Å². The third-order valence-electron chi connectivity index (χ3n) is 2.25. The average molecular weight is 365 g/mol. The summed E-state index contributed by atoms with van der Waals surface area (Å²) in [7, 11) is 1.63. The number of carbonyl (C=O) groups excluding carboxylic acids is 1. The van der Waals surface area contributed by atoms with E-state index in [4.69, 9.17) is 4.74 Å². The number of hydrogen-bond donors (Lipinski definition) is 1. The summed E-state index contributed by atoms with van der Waals surface area (Å²) < 4.78 is 5.12. The highest BCUT2D eigenvalue weighted by molar-refractivity contribution is 9.10. The topological polar surface area (TPSA) is 38.3 Å². The van der Waals surface area contributed by atoms with Crippen molar-refractivity contribution < 1.29 is 9.53 Å². The van der Waals surface area contributed by atoms with Crippen LogP contribution >= 0.6 is 31.9 Å². The first kappa shape index (κ1) is 14.5. The highest BCUT2D eigenvalue weighted by Gasteiger charge is 2.13. The highest BCUT2D eigenvalue weighted by Crippen LogP contribution is 2.13. The molecule has 94 valence electrons. The number of rotatable bonds is 6. The zero-order chi connectivity index (χ0) is 12.7. The van der Waals surface area contributed by atoms with E-state index in [2.05, 4.69) is 37.2 Å². The summed E-state index contributed by atoms with van der Waals surface area (Å²) in [5, 5.41) is 3.67. The minimum Gasteiger partial charge on any atom is -0.497 e. The molecule has 0 aliphatic rings. The largest absolute Gasteiger partial charge is 0.497 e. The molecule has 0 aromatic heterocycles.